The lowest BCUT2D eigenvalue weighted by molar-refractivity contribution is -0.136. The summed E-state index contributed by atoms with van der Waals surface area (Å²) in [6.45, 7) is 4.32. The molecule has 35 heavy (non-hydrogen) atoms. The van der Waals surface area contributed by atoms with Gasteiger partial charge in [0.25, 0.3) is 0 Å². The Bertz CT molecular complexity index is 1440. The van der Waals surface area contributed by atoms with Crippen LogP contribution in [0.4, 0.5) is 0 Å². The molecule has 176 valence electrons. The Labute approximate surface area is 212 Å². The molecule has 5 nitrogen and oxygen atoms in total. The molecule has 2 aliphatic rings. The van der Waals surface area contributed by atoms with Gasteiger partial charge in [0.2, 0.25) is 0 Å². The standard InChI is InChI=1S/C29H24BrNO4/c1-16-7-6-8-18(13-16)15-35-23-12-11-19(14-22(23)30)25-24(29(33)34-3)17(2)31-27-20-9-4-5-10-21(20)28(32)26(25)27/h4-14,25,31H,15H2,1-3H3/t25-/m0/s1. The summed E-state index contributed by atoms with van der Waals surface area (Å²) in [5, 5.41) is 3.30. The van der Waals surface area contributed by atoms with E-state index in [4.69, 9.17) is 9.47 Å². The number of allylic oxidation sites excluding steroid dienone is 2. The Balaban J connectivity index is 1.54. The van der Waals surface area contributed by atoms with Gasteiger partial charge in [-0.15, -0.1) is 0 Å². The number of methoxy groups -OCH3 is 1. The number of Topliss-reactive ketones (excluding diaryl/α,β-unsaturated/α-hetero) is 1. The monoisotopic (exact) mass is 529 g/mol. The first-order chi connectivity index (χ1) is 16.9. The molecule has 6 heteroatoms. The van der Waals surface area contributed by atoms with Crippen molar-refractivity contribution in [2.24, 2.45) is 0 Å². The SMILES string of the molecule is COC(=O)C1=C(C)NC2=C(C(=O)c3ccccc32)[C@H]1c1ccc(OCc2cccc(C)c2)c(Br)c1. The van der Waals surface area contributed by atoms with Crippen LogP contribution < -0.4 is 10.1 Å². The number of ketones is 1. The van der Waals surface area contributed by atoms with Crippen LogP contribution in [0.3, 0.4) is 0 Å². The third-order valence-electron chi connectivity index (χ3n) is 6.42. The van der Waals surface area contributed by atoms with Gasteiger partial charge in [-0.3, -0.25) is 4.79 Å². The van der Waals surface area contributed by atoms with Crippen molar-refractivity contribution in [2.75, 3.05) is 7.11 Å². The van der Waals surface area contributed by atoms with Gasteiger partial charge >= 0.3 is 5.97 Å². The van der Waals surface area contributed by atoms with E-state index in [0.29, 0.717) is 34.8 Å². The van der Waals surface area contributed by atoms with Crippen molar-refractivity contribution in [1.29, 1.82) is 0 Å². The number of esters is 1. The van der Waals surface area contributed by atoms with Gasteiger partial charge in [-0.2, -0.15) is 0 Å². The zero-order valence-electron chi connectivity index (χ0n) is 19.6. The van der Waals surface area contributed by atoms with E-state index in [1.54, 1.807) is 0 Å². The minimum absolute atomic E-state index is 0.0853. The minimum atomic E-state index is -0.569. The van der Waals surface area contributed by atoms with Crippen LogP contribution >= 0.6 is 15.9 Å². The van der Waals surface area contributed by atoms with Crippen molar-refractivity contribution in [2.45, 2.75) is 26.4 Å². The molecule has 0 bridgehead atoms. The molecule has 0 amide bonds. The van der Waals surface area contributed by atoms with E-state index < -0.39 is 11.9 Å². The molecule has 1 atom stereocenters. The van der Waals surface area contributed by atoms with Crippen molar-refractivity contribution in [3.05, 3.63) is 116 Å². The van der Waals surface area contributed by atoms with E-state index in [0.717, 1.165) is 26.9 Å². The van der Waals surface area contributed by atoms with Crippen LogP contribution in [0.1, 0.15) is 45.5 Å². The van der Waals surface area contributed by atoms with E-state index in [2.05, 4.69) is 27.3 Å². The molecule has 1 N–H and O–H groups in total. The number of benzene rings is 3. The van der Waals surface area contributed by atoms with Crippen molar-refractivity contribution in [3.63, 3.8) is 0 Å². The Hall–Kier alpha value is -3.64. The summed E-state index contributed by atoms with van der Waals surface area (Å²) < 4.78 is 11.9. The minimum Gasteiger partial charge on any atom is -0.488 e. The van der Waals surface area contributed by atoms with Gasteiger partial charge in [-0.25, -0.2) is 4.79 Å². The second-order valence-corrected chi connectivity index (χ2v) is 9.57. The van der Waals surface area contributed by atoms with Gasteiger partial charge in [0, 0.05) is 28.3 Å². The molecular formula is C29H24BrNO4. The molecule has 0 saturated heterocycles. The number of rotatable bonds is 5. The Morgan fingerprint density at radius 2 is 1.77 bits per heavy atom. The van der Waals surface area contributed by atoms with Crippen LogP contribution in [-0.2, 0) is 16.1 Å². The van der Waals surface area contributed by atoms with Gasteiger partial charge in [-0.05, 0) is 53.0 Å². The maximum Gasteiger partial charge on any atom is 0.336 e. The van der Waals surface area contributed by atoms with Crippen molar-refractivity contribution >= 4 is 33.4 Å². The van der Waals surface area contributed by atoms with Crippen LogP contribution in [0.15, 0.2) is 88.0 Å². The lowest BCUT2D eigenvalue weighted by Crippen LogP contribution is -2.29. The quantitative estimate of drug-likeness (QED) is 0.406. The summed E-state index contributed by atoms with van der Waals surface area (Å²) in [7, 11) is 1.35. The largest absolute Gasteiger partial charge is 0.488 e. The number of fused-ring (bicyclic) bond motifs is 2. The topological polar surface area (TPSA) is 64.6 Å². The smallest absolute Gasteiger partial charge is 0.336 e. The zero-order chi connectivity index (χ0) is 24.7. The second kappa shape index (κ2) is 9.19. The van der Waals surface area contributed by atoms with E-state index in [1.807, 2.05) is 74.5 Å². The van der Waals surface area contributed by atoms with E-state index in [1.165, 1.54) is 12.7 Å². The molecule has 0 radical (unpaired) electrons. The zero-order valence-corrected chi connectivity index (χ0v) is 21.2. The van der Waals surface area contributed by atoms with Gasteiger partial charge < -0.3 is 14.8 Å². The number of ether oxygens (including phenoxy) is 2. The molecule has 0 fully saturated rings. The highest BCUT2D eigenvalue weighted by Crippen LogP contribution is 2.47. The number of aryl methyl sites for hydroxylation is 1. The highest BCUT2D eigenvalue weighted by atomic mass is 79.9. The first kappa shape index (κ1) is 23.1. The maximum absolute atomic E-state index is 13.5. The molecule has 0 aromatic heterocycles. The van der Waals surface area contributed by atoms with Gasteiger partial charge in [0.15, 0.2) is 5.78 Å². The molecule has 0 saturated carbocycles. The summed E-state index contributed by atoms with van der Waals surface area (Å²) in [6, 6.07) is 21.4. The third-order valence-corrected chi connectivity index (χ3v) is 7.04. The van der Waals surface area contributed by atoms with Crippen LogP contribution in [-0.4, -0.2) is 18.9 Å². The number of carbonyl (C=O) groups is 2. The second-order valence-electron chi connectivity index (χ2n) is 8.72. The lowest BCUT2D eigenvalue weighted by atomic mass is 9.80. The molecule has 3 aromatic carbocycles. The summed E-state index contributed by atoms with van der Waals surface area (Å²) >= 11 is 3.63. The highest BCUT2D eigenvalue weighted by molar-refractivity contribution is 9.10. The first-order valence-electron chi connectivity index (χ1n) is 11.3. The number of nitrogens with one attached hydrogen (secondary N) is 1. The van der Waals surface area contributed by atoms with E-state index >= 15 is 0 Å². The first-order valence-corrected chi connectivity index (χ1v) is 12.1. The molecule has 1 aliphatic heterocycles. The van der Waals surface area contributed by atoms with E-state index in [9.17, 15) is 9.59 Å². The predicted octanol–water partition coefficient (Wildman–Crippen LogP) is 6.08. The predicted molar refractivity (Wildman–Crippen MR) is 138 cm³/mol. The number of hydrogen-bond donors (Lipinski definition) is 1. The summed E-state index contributed by atoms with van der Waals surface area (Å²) in [5.74, 6) is -0.440. The third kappa shape index (κ3) is 4.08. The Morgan fingerprint density at radius 1 is 1.00 bits per heavy atom. The molecular weight excluding hydrogens is 506 g/mol. The molecule has 0 spiro atoms. The van der Waals surface area contributed by atoms with Crippen molar-refractivity contribution in [1.82, 2.24) is 5.32 Å². The summed E-state index contributed by atoms with van der Waals surface area (Å²) in [4.78, 5) is 26.4. The Kier molecular flexibility index (Phi) is 6.07. The maximum atomic E-state index is 13.5. The van der Waals surface area contributed by atoms with Crippen LogP contribution in [0, 0.1) is 6.92 Å². The normalized spacial score (nSPS) is 16.6. The number of halogens is 1. The van der Waals surface area contributed by atoms with Crippen LogP contribution in [0.2, 0.25) is 0 Å². The summed E-state index contributed by atoms with van der Waals surface area (Å²) in [5.41, 5.74) is 6.92. The molecule has 0 unspecified atom stereocenters. The molecule has 1 aliphatic carbocycles. The van der Waals surface area contributed by atoms with Gasteiger partial charge in [0.1, 0.15) is 12.4 Å². The summed E-state index contributed by atoms with van der Waals surface area (Å²) in [6.07, 6.45) is 0. The lowest BCUT2D eigenvalue weighted by Gasteiger charge is -2.29. The van der Waals surface area contributed by atoms with Crippen LogP contribution in [0.5, 0.6) is 5.75 Å². The number of dihydropyridines is 1. The Morgan fingerprint density at radius 3 is 2.49 bits per heavy atom. The average Bonchev–Trinajstić information content (AvgIpc) is 3.13. The van der Waals surface area contributed by atoms with Crippen molar-refractivity contribution in [3.8, 4) is 5.75 Å². The molecule has 5 rings (SSSR count). The van der Waals surface area contributed by atoms with E-state index in [-0.39, 0.29) is 5.78 Å². The number of carbonyl (C=O) groups excluding carboxylic acids is 2. The van der Waals surface area contributed by atoms with Crippen LogP contribution in [0.25, 0.3) is 5.70 Å². The fourth-order valence-electron chi connectivity index (χ4n) is 4.82. The number of hydrogen-bond acceptors (Lipinski definition) is 5. The van der Waals surface area contributed by atoms with Gasteiger partial charge in [-0.1, -0.05) is 60.2 Å². The fourth-order valence-corrected chi connectivity index (χ4v) is 5.33. The fraction of sp³-hybridized carbons (Fsp3) is 0.172. The van der Waals surface area contributed by atoms with Gasteiger partial charge in [0.05, 0.1) is 22.9 Å². The average molecular weight is 530 g/mol. The molecule has 3 aromatic rings. The van der Waals surface area contributed by atoms with Crippen molar-refractivity contribution < 1.29 is 19.1 Å². The molecule has 1 heterocycles. The highest BCUT2D eigenvalue weighted by Gasteiger charge is 2.42.